The molecular formula is C38H42N2O8S2. The number of nitrogens with one attached hydrogen (secondary N) is 2. The summed E-state index contributed by atoms with van der Waals surface area (Å²) >= 11 is 1.66. The van der Waals surface area contributed by atoms with Crippen LogP contribution in [0.25, 0.3) is 0 Å². The molecule has 4 aromatic rings. The van der Waals surface area contributed by atoms with Crippen LogP contribution in [-0.4, -0.2) is 22.1 Å². The summed E-state index contributed by atoms with van der Waals surface area (Å²) in [6, 6.07) is 22.0. The van der Waals surface area contributed by atoms with Crippen molar-refractivity contribution in [3.8, 4) is 0 Å². The van der Waals surface area contributed by atoms with Gasteiger partial charge in [0.2, 0.25) is 0 Å². The third-order valence-electron chi connectivity index (χ3n) is 8.65. The Morgan fingerprint density at radius 2 is 0.980 bits per heavy atom. The molecule has 1 aliphatic rings. The first-order chi connectivity index (χ1) is 24.5. The van der Waals surface area contributed by atoms with Crippen LogP contribution in [0.5, 0.6) is 0 Å². The van der Waals surface area contributed by atoms with E-state index in [4.69, 9.17) is 19.2 Å². The lowest BCUT2D eigenvalue weighted by atomic mass is 9.82. The Balaban J connectivity index is 1.52. The summed E-state index contributed by atoms with van der Waals surface area (Å²) in [4.78, 5) is 29.6. The molecule has 0 bridgehead atoms. The second kappa shape index (κ2) is 19.0. The Morgan fingerprint density at radius 1 is 0.560 bits per heavy atom. The third kappa shape index (κ3) is 9.33. The molecule has 1 aliphatic carbocycles. The molecular weight excluding hydrogens is 677 g/mol. The van der Waals surface area contributed by atoms with Crippen molar-refractivity contribution in [2.24, 2.45) is 0 Å². The lowest BCUT2D eigenvalue weighted by molar-refractivity contribution is -0.432. The number of benzene rings is 4. The molecule has 0 heterocycles. The zero-order chi connectivity index (χ0) is 35.3. The molecule has 4 aromatic carbocycles. The van der Waals surface area contributed by atoms with Crippen LogP contribution in [0.15, 0.2) is 82.6 Å². The van der Waals surface area contributed by atoms with Gasteiger partial charge in [-0.2, -0.15) is 0 Å². The number of unbranched alkanes of at least 4 members (excludes halogenated alkanes) is 6. The molecule has 264 valence electrons. The van der Waals surface area contributed by atoms with Gasteiger partial charge in [-0.3, -0.25) is 9.59 Å². The molecule has 10 nitrogen and oxygen atoms in total. The Kier molecular flexibility index (Phi) is 14.3. The van der Waals surface area contributed by atoms with E-state index in [1.54, 1.807) is 36.4 Å². The van der Waals surface area contributed by atoms with Gasteiger partial charge in [-0.15, -0.1) is 8.67 Å². The van der Waals surface area contributed by atoms with Gasteiger partial charge in [-0.05, 0) is 73.2 Å². The topological polar surface area (TPSA) is 136 Å². The maximum Gasteiger partial charge on any atom is 0.196 e. The molecule has 0 amide bonds. The molecule has 12 heteroatoms. The third-order valence-corrected chi connectivity index (χ3v) is 9.95. The van der Waals surface area contributed by atoms with Crippen molar-refractivity contribution < 1.29 is 38.8 Å². The summed E-state index contributed by atoms with van der Waals surface area (Å²) in [5, 5.41) is 32.3. The molecule has 0 spiro atoms. The fourth-order valence-electron chi connectivity index (χ4n) is 6.13. The normalized spacial score (nSPS) is 12.2. The Morgan fingerprint density at radius 3 is 1.38 bits per heavy atom. The zero-order valence-electron chi connectivity index (χ0n) is 28.2. The summed E-state index contributed by atoms with van der Waals surface area (Å²) in [5.74, 6) is -0.598. The molecule has 0 unspecified atom stereocenters. The van der Waals surface area contributed by atoms with E-state index in [-0.39, 0.29) is 22.7 Å². The monoisotopic (exact) mass is 718 g/mol. The number of hydrogen-bond acceptors (Lipinski definition) is 12. The average molecular weight is 719 g/mol. The van der Waals surface area contributed by atoms with Gasteiger partial charge < -0.3 is 10.6 Å². The van der Waals surface area contributed by atoms with Gasteiger partial charge in [-0.1, -0.05) is 98.8 Å². The van der Waals surface area contributed by atoms with Crippen LogP contribution in [-0.2, 0) is 31.6 Å². The number of carbonyl (C=O) groups is 2. The van der Waals surface area contributed by atoms with E-state index < -0.39 is 0 Å². The van der Waals surface area contributed by atoms with Crippen molar-refractivity contribution in [3.05, 3.63) is 106 Å². The highest BCUT2D eigenvalue weighted by Crippen LogP contribution is 2.41. The first kappa shape index (κ1) is 37.5. The molecule has 4 N–H and O–H groups in total. The lowest BCUT2D eigenvalue weighted by Crippen LogP contribution is -2.23. The van der Waals surface area contributed by atoms with Crippen molar-refractivity contribution in [1.82, 2.24) is 0 Å². The minimum Gasteiger partial charge on any atom is -0.354 e. The number of aryl methyl sites for hydroxylation is 2. The van der Waals surface area contributed by atoms with Crippen molar-refractivity contribution in [2.75, 3.05) is 10.6 Å². The molecule has 5 rings (SSSR count). The van der Waals surface area contributed by atoms with E-state index in [2.05, 4.69) is 34.6 Å². The Hall–Kier alpha value is -3.72. The Bertz CT molecular complexity index is 1660. The molecule has 0 saturated heterocycles. The predicted molar refractivity (Wildman–Crippen MR) is 196 cm³/mol. The Labute approximate surface area is 301 Å². The van der Waals surface area contributed by atoms with E-state index in [1.807, 2.05) is 36.4 Å². The van der Waals surface area contributed by atoms with Crippen LogP contribution in [0, 0.1) is 0 Å². The van der Waals surface area contributed by atoms with Crippen molar-refractivity contribution >= 4 is 58.4 Å². The molecule has 0 atom stereocenters. The molecule has 0 radical (unpaired) electrons. The summed E-state index contributed by atoms with van der Waals surface area (Å²) in [7, 11) is 0. The number of fused-ring (bicyclic) bond motifs is 2. The fraction of sp³-hybridized carbons (Fsp3) is 0.316. The number of ketones is 2. The standard InChI is InChI=1S/C38H42N2O8S2/c1-3-5-7-9-13-25-17-19-29(33(23-25)49-47-45-43)39-31-21-22-32(36-35(31)37(41)27-15-11-12-16-28(27)38(36)42)40-30-20-18-26(14-10-8-6-4-2)24-34(30)50-48-46-44/h11-12,15-24,39-40,43-44H,3-10,13-14H2,1-2H3. The van der Waals surface area contributed by atoms with Gasteiger partial charge in [0, 0.05) is 11.1 Å². The smallest absolute Gasteiger partial charge is 0.196 e. The van der Waals surface area contributed by atoms with E-state index >= 15 is 0 Å². The SMILES string of the molecule is CCCCCCc1ccc(Nc2ccc(Nc3ccc(CCCCCC)cc3SOOO)c3c2C(=O)c2ccccc2C3=O)c(SOOO)c1. The first-order valence-corrected chi connectivity index (χ1v) is 18.4. The molecule has 0 saturated carbocycles. The summed E-state index contributed by atoms with van der Waals surface area (Å²) < 4.78 is 9.65. The van der Waals surface area contributed by atoms with Crippen molar-refractivity contribution in [1.29, 1.82) is 0 Å². The molecule has 0 aromatic heterocycles. The molecule has 50 heavy (non-hydrogen) atoms. The van der Waals surface area contributed by atoms with Crippen molar-refractivity contribution in [3.63, 3.8) is 0 Å². The van der Waals surface area contributed by atoms with E-state index in [9.17, 15) is 9.59 Å². The number of rotatable bonds is 20. The average Bonchev–Trinajstić information content (AvgIpc) is 3.14. The second-order valence-electron chi connectivity index (χ2n) is 12.1. The highest BCUT2D eigenvalue weighted by atomic mass is 32.2. The zero-order valence-corrected chi connectivity index (χ0v) is 29.8. The summed E-state index contributed by atoms with van der Waals surface area (Å²) in [6.07, 6.45) is 10.7. The van der Waals surface area contributed by atoms with E-state index in [1.165, 1.54) is 12.8 Å². The minimum absolute atomic E-state index is 0.217. The fourth-order valence-corrected chi connectivity index (χ4v) is 7.15. The molecule has 0 aliphatic heterocycles. The quantitative estimate of drug-likeness (QED) is 0.0264. The van der Waals surface area contributed by atoms with E-state index in [0.717, 1.165) is 86.6 Å². The number of anilines is 4. The van der Waals surface area contributed by atoms with Gasteiger partial charge in [0.15, 0.2) is 11.6 Å². The maximum absolute atomic E-state index is 14.2. The second-order valence-corrected chi connectivity index (χ2v) is 13.6. The highest BCUT2D eigenvalue weighted by molar-refractivity contribution is 7.95. The van der Waals surface area contributed by atoms with Crippen LogP contribution in [0.2, 0.25) is 0 Å². The maximum atomic E-state index is 14.2. The largest absolute Gasteiger partial charge is 0.354 e. The summed E-state index contributed by atoms with van der Waals surface area (Å²) in [6.45, 7) is 4.35. The van der Waals surface area contributed by atoms with Crippen LogP contribution < -0.4 is 10.6 Å². The molecule has 0 fully saturated rings. The van der Waals surface area contributed by atoms with Gasteiger partial charge in [-0.25, -0.2) is 10.5 Å². The van der Waals surface area contributed by atoms with Crippen molar-refractivity contribution in [2.45, 2.75) is 87.8 Å². The van der Waals surface area contributed by atoms with Crippen LogP contribution >= 0.6 is 24.1 Å². The van der Waals surface area contributed by atoms with Crippen LogP contribution in [0.4, 0.5) is 22.7 Å². The van der Waals surface area contributed by atoms with Crippen LogP contribution in [0.1, 0.15) is 108 Å². The van der Waals surface area contributed by atoms with Gasteiger partial charge in [0.25, 0.3) is 0 Å². The van der Waals surface area contributed by atoms with Crippen LogP contribution in [0.3, 0.4) is 0 Å². The van der Waals surface area contributed by atoms with E-state index in [0.29, 0.717) is 43.7 Å². The van der Waals surface area contributed by atoms with Gasteiger partial charge in [0.1, 0.15) is 0 Å². The summed E-state index contributed by atoms with van der Waals surface area (Å²) in [5.41, 5.74) is 5.30. The predicted octanol–water partition coefficient (Wildman–Crippen LogP) is 11.1. The first-order valence-electron chi connectivity index (χ1n) is 16.9. The number of carbonyl (C=O) groups excluding carboxylic acids is 2. The minimum atomic E-state index is -0.299. The van der Waals surface area contributed by atoms with Gasteiger partial charge >= 0.3 is 0 Å². The highest BCUT2D eigenvalue weighted by Gasteiger charge is 2.34. The van der Waals surface area contributed by atoms with Gasteiger partial charge in [0.05, 0.1) is 67.8 Å². The lowest BCUT2D eigenvalue weighted by Gasteiger charge is -2.25. The number of hydrogen-bond donors (Lipinski definition) is 4.